The Kier molecular flexibility index (Phi) is 5.62. The molecule has 27 heavy (non-hydrogen) atoms. The van der Waals surface area contributed by atoms with Gasteiger partial charge in [0.25, 0.3) is 0 Å². The first kappa shape index (κ1) is 19.9. The molecular formula is C18H26N2O6S. The zero-order valence-electron chi connectivity index (χ0n) is 15.7. The quantitative estimate of drug-likeness (QED) is 0.831. The van der Waals surface area contributed by atoms with E-state index in [9.17, 15) is 23.1 Å². The number of furan rings is 1. The van der Waals surface area contributed by atoms with Gasteiger partial charge in [0.05, 0.1) is 0 Å². The van der Waals surface area contributed by atoms with Crippen LogP contribution in [0.15, 0.2) is 9.31 Å². The van der Waals surface area contributed by atoms with Crippen molar-refractivity contribution in [2.75, 3.05) is 26.2 Å². The smallest absolute Gasteiger partial charge is 0.340 e. The van der Waals surface area contributed by atoms with E-state index in [0.29, 0.717) is 13.1 Å². The van der Waals surface area contributed by atoms with Crippen molar-refractivity contribution < 1.29 is 27.5 Å². The van der Waals surface area contributed by atoms with Crippen LogP contribution in [-0.4, -0.2) is 60.8 Å². The van der Waals surface area contributed by atoms with Crippen molar-refractivity contribution in [2.24, 2.45) is 5.92 Å². The highest BCUT2D eigenvalue weighted by atomic mass is 32.2. The lowest BCUT2D eigenvalue weighted by Gasteiger charge is -2.36. The third-order valence-electron chi connectivity index (χ3n) is 5.52. The largest absolute Gasteiger partial charge is 0.478 e. The van der Waals surface area contributed by atoms with Gasteiger partial charge in [-0.05, 0) is 26.7 Å². The summed E-state index contributed by atoms with van der Waals surface area (Å²) >= 11 is 0. The summed E-state index contributed by atoms with van der Waals surface area (Å²) < 4.78 is 32.6. The van der Waals surface area contributed by atoms with Crippen LogP contribution in [0, 0.1) is 19.8 Å². The molecule has 1 aromatic rings. The maximum Gasteiger partial charge on any atom is 0.340 e. The van der Waals surface area contributed by atoms with Crippen LogP contribution >= 0.6 is 0 Å². The van der Waals surface area contributed by atoms with Crippen LogP contribution in [0.3, 0.4) is 0 Å². The Balaban J connectivity index is 1.74. The molecule has 2 heterocycles. The average Bonchev–Trinajstić information content (AvgIpc) is 2.97. The van der Waals surface area contributed by atoms with Crippen LogP contribution in [0.5, 0.6) is 0 Å². The number of aromatic carboxylic acids is 1. The molecule has 0 aromatic carbocycles. The van der Waals surface area contributed by atoms with Gasteiger partial charge in [0.1, 0.15) is 22.0 Å². The number of amides is 1. The van der Waals surface area contributed by atoms with E-state index >= 15 is 0 Å². The fourth-order valence-corrected chi connectivity index (χ4v) is 5.90. The second kappa shape index (κ2) is 7.63. The van der Waals surface area contributed by atoms with Gasteiger partial charge in [-0.2, -0.15) is 4.31 Å². The van der Waals surface area contributed by atoms with Crippen molar-refractivity contribution in [1.29, 1.82) is 0 Å². The molecule has 1 saturated heterocycles. The molecule has 1 amide bonds. The van der Waals surface area contributed by atoms with E-state index in [1.165, 1.54) is 24.6 Å². The molecule has 0 unspecified atom stereocenters. The summed E-state index contributed by atoms with van der Waals surface area (Å²) in [7, 11) is -4.00. The first-order chi connectivity index (χ1) is 12.7. The zero-order chi connectivity index (χ0) is 19.8. The number of piperazine rings is 1. The number of hydrogen-bond donors (Lipinski definition) is 1. The molecule has 150 valence electrons. The van der Waals surface area contributed by atoms with Crippen molar-refractivity contribution in [3.05, 3.63) is 17.1 Å². The SMILES string of the molecule is Cc1oc(C)c(S(=O)(=O)N2CCN(C(=O)C3CCCCC3)CC2)c1C(=O)O. The van der Waals surface area contributed by atoms with Crippen LogP contribution < -0.4 is 0 Å². The van der Waals surface area contributed by atoms with E-state index in [1.807, 2.05) is 0 Å². The molecule has 2 fully saturated rings. The Bertz CT molecular complexity index is 830. The summed E-state index contributed by atoms with van der Waals surface area (Å²) in [5, 5.41) is 9.38. The standard InChI is InChI=1S/C18H26N2O6S/c1-12-15(18(22)23)16(13(2)26-12)27(24,25)20-10-8-19(9-11-20)17(21)14-6-4-3-5-7-14/h14H,3-11H2,1-2H3,(H,22,23). The molecule has 1 aromatic heterocycles. The molecule has 0 atom stereocenters. The Morgan fingerprint density at radius 2 is 1.59 bits per heavy atom. The summed E-state index contributed by atoms with van der Waals surface area (Å²) in [6.45, 7) is 3.86. The number of hydrogen-bond acceptors (Lipinski definition) is 5. The molecule has 1 saturated carbocycles. The van der Waals surface area contributed by atoms with Gasteiger partial charge in [0.2, 0.25) is 15.9 Å². The highest BCUT2D eigenvalue weighted by Gasteiger charge is 2.38. The number of carbonyl (C=O) groups excluding carboxylic acids is 1. The van der Waals surface area contributed by atoms with Gasteiger partial charge >= 0.3 is 5.97 Å². The van der Waals surface area contributed by atoms with E-state index in [0.717, 1.165) is 25.7 Å². The fourth-order valence-electron chi connectivity index (χ4n) is 4.11. The van der Waals surface area contributed by atoms with Crippen molar-refractivity contribution in [3.8, 4) is 0 Å². The number of nitrogens with zero attached hydrogens (tertiary/aromatic N) is 2. The summed E-state index contributed by atoms with van der Waals surface area (Å²) in [6, 6.07) is 0. The summed E-state index contributed by atoms with van der Waals surface area (Å²) in [5.74, 6) is -1.00. The Morgan fingerprint density at radius 1 is 1.00 bits per heavy atom. The number of aryl methyl sites for hydroxylation is 2. The minimum absolute atomic E-state index is 0.0549. The molecule has 2 aliphatic rings. The van der Waals surface area contributed by atoms with Gasteiger partial charge in [0, 0.05) is 32.1 Å². The Labute approximate surface area is 159 Å². The number of sulfonamides is 1. The van der Waals surface area contributed by atoms with Crippen molar-refractivity contribution in [1.82, 2.24) is 9.21 Å². The van der Waals surface area contributed by atoms with Crippen LogP contribution in [-0.2, 0) is 14.8 Å². The molecule has 3 rings (SSSR count). The van der Waals surface area contributed by atoms with E-state index < -0.39 is 16.0 Å². The van der Waals surface area contributed by atoms with Crippen LogP contribution in [0.25, 0.3) is 0 Å². The molecule has 1 aliphatic carbocycles. The predicted octanol–water partition coefficient (Wildman–Crippen LogP) is 2.01. The predicted molar refractivity (Wildman–Crippen MR) is 97.1 cm³/mol. The van der Waals surface area contributed by atoms with Gasteiger partial charge in [-0.1, -0.05) is 19.3 Å². The summed E-state index contributed by atoms with van der Waals surface area (Å²) in [5.41, 5.74) is -0.312. The molecule has 0 spiro atoms. The average molecular weight is 398 g/mol. The maximum absolute atomic E-state index is 13.0. The normalized spacial score (nSPS) is 20.0. The number of carboxylic acid groups (broad SMARTS) is 1. The zero-order valence-corrected chi connectivity index (χ0v) is 16.5. The highest BCUT2D eigenvalue weighted by Crippen LogP contribution is 2.30. The molecule has 1 aliphatic heterocycles. The van der Waals surface area contributed by atoms with Gasteiger partial charge < -0.3 is 14.4 Å². The number of carbonyl (C=O) groups is 2. The molecule has 8 nitrogen and oxygen atoms in total. The van der Waals surface area contributed by atoms with E-state index in [4.69, 9.17) is 4.42 Å². The first-order valence-electron chi connectivity index (χ1n) is 9.35. The fraction of sp³-hybridized carbons (Fsp3) is 0.667. The maximum atomic E-state index is 13.0. The lowest BCUT2D eigenvalue weighted by molar-refractivity contribution is -0.137. The van der Waals surface area contributed by atoms with E-state index in [2.05, 4.69) is 0 Å². The Hall–Kier alpha value is -1.87. The first-order valence-corrected chi connectivity index (χ1v) is 10.8. The molecule has 9 heteroatoms. The van der Waals surface area contributed by atoms with Gasteiger partial charge in [0.15, 0.2) is 0 Å². The van der Waals surface area contributed by atoms with Crippen LogP contribution in [0.4, 0.5) is 0 Å². The monoisotopic (exact) mass is 398 g/mol. The van der Waals surface area contributed by atoms with Gasteiger partial charge in [-0.3, -0.25) is 4.79 Å². The minimum atomic E-state index is -4.00. The second-order valence-corrected chi connectivity index (χ2v) is 9.16. The molecule has 1 N–H and O–H groups in total. The van der Waals surface area contributed by atoms with Gasteiger partial charge in [-0.25, -0.2) is 13.2 Å². The van der Waals surface area contributed by atoms with E-state index in [1.54, 1.807) is 4.90 Å². The summed E-state index contributed by atoms with van der Waals surface area (Å²) in [4.78, 5) is 25.6. The highest BCUT2D eigenvalue weighted by molar-refractivity contribution is 7.89. The van der Waals surface area contributed by atoms with E-state index in [-0.39, 0.29) is 46.9 Å². The Morgan fingerprint density at radius 3 is 2.15 bits per heavy atom. The minimum Gasteiger partial charge on any atom is -0.478 e. The van der Waals surface area contributed by atoms with Crippen LogP contribution in [0.2, 0.25) is 0 Å². The molecular weight excluding hydrogens is 372 g/mol. The lowest BCUT2D eigenvalue weighted by atomic mass is 9.88. The van der Waals surface area contributed by atoms with Crippen molar-refractivity contribution >= 4 is 21.9 Å². The second-order valence-electron chi connectivity index (χ2n) is 7.29. The number of rotatable bonds is 4. The molecule has 0 bridgehead atoms. The number of carboxylic acids is 1. The lowest BCUT2D eigenvalue weighted by Crippen LogP contribution is -2.52. The van der Waals surface area contributed by atoms with Gasteiger partial charge in [-0.15, -0.1) is 0 Å². The third-order valence-corrected chi connectivity index (χ3v) is 7.57. The third kappa shape index (κ3) is 3.75. The van der Waals surface area contributed by atoms with Crippen molar-refractivity contribution in [3.63, 3.8) is 0 Å². The van der Waals surface area contributed by atoms with Crippen molar-refractivity contribution in [2.45, 2.75) is 50.8 Å². The van der Waals surface area contributed by atoms with Crippen LogP contribution in [0.1, 0.15) is 54.0 Å². The topological polar surface area (TPSA) is 108 Å². The summed E-state index contributed by atoms with van der Waals surface area (Å²) in [6.07, 6.45) is 5.13. The molecule has 0 radical (unpaired) electrons.